The highest BCUT2D eigenvalue weighted by molar-refractivity contribution is 5.75. The second-order valence-corrected chi connectivity index (χ2v) is 8.13. The Hall–Kier alpha value is -2.63. The number of rotatable bonds is 5. The number of nitrogens with one attached hydrogen (secondary N) is 1. The van der Waals surface area contributed by atoms with E-state index in [1.807, 2.05) is 0 Å². The average Bonchev–Trinajstić information content (AvgIpc) is 3.46. The molecule has 0 radical (unpaired) electrons. The number of nitrogens with zero attached hydrogens (tertiary/aromatic N) is 2. The fourth-order valence-corrected chi connectivity index (χ4v) is 4.13. The van der Waals surface area contributed by atoms with Crippen LogP contribution in [0.5, 0.6) is 0 Å². The van der Waals surface area contributed by atoms with Crippen LogP contribution in [0.4, 0.5) is 5.82 Å². The van der Waals surface area contributed by atoms with E-state index in [0.29, 0.717) is 24.7 Å². The van der Waals surface area contributed by atoms with Crippen molar-refractivity contribution in [1.29, 1.82) is 0 Å². The van der Waals surface area contributed by atoms with Gasteiger partial charge in [-0.15, -0.1) is 0 Å². The van der Waals surface area contributed by atoms with Crippen LogP contribution in [0.15, 0.2) is 23.0 Å². The van der Waals surface area contributed by atoms with Gasteiger partial charge < -0.3 is 10.1 Å². The largest absolute Gasteiger partial charge is 0.467 e. The normalized spacial score (nSPS) is 20.7. The smallest absolute Gasteiger partial charge is 0.328 e. The first-order valence-corrected chi connectivity index (χ1v) is 9.94. The van der Waals surface area contributed by atoms with Gasteiger partial charge in [-0.25, -0.2) is 9.78 Å². The van der Waals surface area contributed by atoms with Crippen molar-refractivity contribution in [2.45, 2.75) is 64.5 Å². The number of aromatic nitrogens is 2. The average molecular weight is 381 g/mol. The number of benzene rings is 1. The Labute approximate surface area is 164 Å². The van der Waals surface area contributed by atoms with Crippen LogP contribution in [0.2, 0.25) is 0 Å². The van der Waals surface area contributed by atoms with Gasteiger partial charge >= 0.3 is 5.97 Å². The van der Waals surface area contributed by atoms with Crippen LogP contribution in [0, 0.1) is 13.8 Å². The number of aryl methyl sites for hydroxylation is 2. The quantitative estimate of drug-likeness (QED) is 0.802. The first-order chi connectivity index (χ1) is 13.4. The maximum atomic E-state index is 13.2. The molecule has 1 N–H and O–H groups in total. The molecule has 1 aliphatic heterocycles. The molecule has 2 atom stereocenters. The molecule has 148 valence electrons. The Morgan fingerprint density at radius 3 is 2.68 bits per heavy atom. The molecule has 1 aromatic carbocycles. The zero-order valence-corrected chi connectivity index (χ0v) is 16.9. The van der Waals surface area contributed by atoms with Crippen molar-refractivity contribution in [3.63, 3.8) is 0 Å². The number of esters is 1. The third-order valence-electron chi connectivity index (χ3n) is 6.00. The van der Waals surface area contributed by atoms with Gasteiger partial charge in [0.05, 0.1) is 12.8 Å². The lowest BCUT2D eigenvalue weighted by Crippen LogP contribution is -2.32. The van der Waals surface area contributed by atoms with Gasteiger partial charge in [-0.05, 0) is 49.8 Å². The molecule has 0 amide bonds. The van der Waals surface area contributed by atoms with E-state index < -0.39 is 6.04 Å². The zero-order chi connectivity index (χ0) is 20.0. The van der Waals surface area contributed by atoms with Crippen LogP contribution >= 0.6 is 0 Å². The Morgan fingerprint density at radius 1 is 1.29 bits per heavy atom. The lowest BCUT2D eigenvalue weighted by atomic mass is 10.0. The molecule has 4 rings (SSSR count). The number of fused-ring (bicyclic) bond motifs is 1. The van der Waals surface area contributed by atoms with Gasteiger partial charge in [-0.3, -0.25) is 9.36 Å². The minimum Gasteiger partial charge on any atom is -0.467 e. The molecular weight excluding hydrogens is 354 g/mol. The van der Waals surface area contributed by atoms with Crippen LogP contribution in [0.25, 0.3) is 0 Å². The first kappa shape index (κ1) is 18.7. The lowest BCUT2D eigenvalue weighted by molar-refractivity contribution is -0.144. The maximum absolute atomic E-state index is 13.2. The molecule has 1 fully saturated rings. The SMILES string of the molecule is COC(=O)[C@@H]1C[C@@H](C)c2c(C3CC3)nc(NCc3ccc(C)c(C)c3)c(=O)n21. The molecule has 28 heavy (non-hydrogen) atoms. The fourth-order valence-electron chi connectivity index (χ4n) is 4.13. The fraction of sp³-hybridized carbons (Fsp3) is 0.500. The molecule has 1 aromatic heterocycles. The maximum Gasteiger partial charge on any atom is 0.328 e. The van der Waals surface area contributed by atoms with Crippen molar-refractivity contribution in [3.05, 3.63) is 56.6 Å². The second-order valence-electron chi connectivity index (χ2n) is 8.13. The summed E-state index contributed by atoms with van der Waals surface area (Å²) in [7, 11) is 1.37. The summed E-state index contributed by atoms with van der Waals surface area (Å²) >= 11 is 0. The van der Waals surface area contributed by atoms with Gasteiger partial charge in [-0.2, -0.15) is 0 Å². The lowest BCUT2D eigenvalue weighted by Gasteiger charge is -2.17. The minimum atomic E-state index is -0.565. The minimum absolute atomic E-state index is 0.119. The van der Waals surface area contributed by atoms with Gasteiger partial charge in [0.1, 0.15) is 6.04 Å². The zero-order valence-electron chi connectivity index (χ0n) is 16.9. The first-order valence-electron chi connectivity index (χ1n) is 9.94. The molecule has 0 saturated heterocycles. The number of ether oxygens (including phenoxy) is 1. The Morgan fingerprint density at radius 2 is 2.04 bits per heavy atom. The molecule has 0 unspecified atom stereocenters. The third kappa shape index (κ3) is 3.21. The molecule has 2 heterocycles. The number of carbonyl (C=O) groups is 1. The summed E-state index contributed by atoms with van der Waals surface area (Å²) in [6.45, 7) is 6.74. The highest BCUT2D eigenvalue weighted by Gasteiger charge is 2.41. The van der Waals surface area contributed by atoms with E-state index >= 15 is 0 Å². The van der Waals surface area contributed by atoms with E-state index in [4.69, 9.17) is 9.72 Å². The van der Waals surface area contributed by atoms with Crippen molar-refractivity contribution in [1.82, 2.24) is 9.55 Å². The Bertz CT molecular complexity index is 991. The molecule has 2 aromatic rings. The van der Waals surface area contributed by atoms with Crippen molar-refractivity contribution < 1.29 is 9.53 Å². The topological polar surface area (TPSA) is 73.2 Å². The monoisotopic (exact) mass is 381 g/mol. The molecule has 0 spiro atoms. The van der Waals surface area contributed by atoms with Crippen molar-refractivity contribution in [2.75, 3.05) is 12.4 Å². The summed E-state index contributed by atoms with van der Waals surface area (Å²) in [6, 6.07) is 5.70. The summed E-state index contributed by atoms with van der Waals surface area (Å²) in [5.74, 6) is 0.476. The summed E-state index contributed by atoms with van der Waals surface area (Å²) in [6.07, 6.45) is 2.76. The van der Waals surface area contributed by atoms with Gasteiger partial charge in [0.25, 0.3) is 5.56 Å². The van der Waals surface area contributed by atoms with Gasteiger partial charge in [0, 0.05) is 24.1 Å². The molecule has 2 aliphatic rings. The predicted molar refractivity (Wildman–Crippen MR) is 108 cm³/mol. The van der Waals surface area contributed by atoms with Crippen LogP contribution < -0.4 is 10.9 Å². The van der Waals surface area contributed by atoms with Gasteiger partial charge in [0.15, 0.2) is 5.82 Å². The number of hydrogen-bond acceptors (Lipinski definition) is 5. The van der Waals surface area contributed by atoms with E-state index in [1.54, 1.807) is 4.57 Å². The summed E-state index contributed by atoms with van der Waals surface area (Å²) in [5, 5.41) is 3.22. The van der Waals surface area contributed by atoms with Crippen molar-refractivity contribution >= 4 is 11.8 Å². The van der Waals surface area contributed by atoms with E-state index in [9.17, 15) is 9.59 Å². The van der Waals surface area contributed by atoms with Crippen LogP contribution in [-0.4, -0.2) is 22.6 Å². The predicted octanol–water partition coefficient (Wildman–Crippen LogP) is 3.57. The number of anilines is 1. The van der Waals surface area contributed by atoms with Gasteiger partial charge in [0.2, 0.25) is 0 Å². The third-order valence-corrected chi connectivity index (χ3v) is 6.00. The van der Waals surface area contributed by atoms with Crippen LogP contribution in [0.3, 0.4) is 0 Å². The number of hydrogen-bond donors (Lipinski definition) is 1. The van der Waals surface area contributed by atoms with Crippen LogP contribution in [-0.2, 0) is 16.1 Å². The van der Waals surface area contributed by atoms with Crippen molar-refractivity contribution in [3.8, 4) is 0 Å². The van der Waals surface area contributed by atoms with E-state index in [2.05, 4.69) is 44.3 Å². The van der Waals surface area contributed by atoms with E-state index in [-0.39, 0.29) is 17.4 Å². The van der Waals surface area contributed by atoms with Crippen LogP contribution in [0.1, 0.15) is 72.1 Å². The van der Waals surface area contributed by atoms with Crippen molar-refractivity contribution in [2.24, 2.45) is 0 Å². The molecule has 0 bridgehead atoms. The molecule has 1 saturated carbocycles. The molecular formula is C22H27N3O3. The molecule has 1 aliphatic carbocycles. The highest BCUT2D eigenvalue weighted by Crippen LogP contribution is 2.46. The van der Waals surface area contributed by atoms with E-state index in [1.165, 1.54) is 18.2 Å². The standard InChI is InChI=1S/C22H27N3O3/c1-12-5-6-15(9-13(12)2)11-23-20-21(26)25-17(22(27)28-4)10-14(3)19(25)18(24-20)16-7-8-16/h5-6,9,14,16-17H,7-8,10-11H2,1-4H3,(H,23,24)/t14-,17+/m1/s1. The Balaban J connectivity index is 1.72. The molecule has 6 nitrogen and oxygen atoms in total. The molecule has 6 heteroatoms. The number of carbonyl (C=O) groups excluding carboxylic acids is 1. The summed E-state index contributed by atoms with van der Waals surface area (Å²) in [4.78, 5) is 30.2. The highest BCUT2D eigenvalue weighted by atomic mass is 16.5. The summed E-state index contributed by atoms with van der Waals surface area (Å²) in [5.41, 5.74) is 5.21. The van der Waals surface area contributed by atoms with Gasteiger partial charge in [-0.1, -0.05) is 25.1 Å². The summed E-state index contributed by atoms with van der Waals surface area (Å²) < 4.78 is 6.60. The Kier molecular flexibility index (Phi) is 4.73. The van der Waals surface area contributed by atoms with E-state index in [0.717, 1.165) is 29.8 Å². The number of methoxy groups -OCH3 is 1. The second kappa shape index (κ2) is 7.08.